The molecule has 0 bridgehead atoms. The number of benzene rings is 1. The third kappa shape index (κ3) is 2.44. The van der Waals surface area contributed by atoms with Crippen LogP contribution in [-0.2, 0) is 13.0 Å². The molecule has 2 N–H and O–H groups in total. The Balaban J connectivity index is 1.85. The molecule has 1 aliphatic rings. The van der Waals surface area contributed by atoms with Crippen molar-refractivity contribution in [2.24, 2.45) is 0 Å². The summed E-state index contributed by atoms with van der Waals surface area (Å²) >= 11 is 1.62. The monoisotopic (exact) mass is 327 g/mol. The minimum absolute atomic E-state index is 0.0690. The molecule has 1 aliphatic heterocycles. The number of hydrogen-bond acceptors (Lipinski definition) is 5. The number of H-pyrrole nitrogens is 1. The molecule has 3 heterocycles. The Morgan fingerprint density at radius 3 is 2.87 bits per heavy atom. The number of aromatic amines is 1. The van der Waals surface area contributed by atoms with Crippen molar-refractivity contribution in [3.63, 3.8) is 0 Å². The van der Waals surface area contributed by atoms with Crippen LogP contribution in [-0.4, -0.2) is 33.1 Å². The van der Waals surface area contributed by atoms with Gasteiger partial charge < -0.3 is 10.1 Å². The average Bonchev–Trinajstić information content (AvgIpc) is 2.93. The van der Waals surface area contributed by atoms with Crippen LogP contribution in [0.3, 0.4) is 0 Å². The Morgan fingerprint density at radius 2 is 2.13 bits per heavy atom. The highest BCUT2D eigenvalue weighted by molar-refractivity contribution is 7.18. The molecule has 4 rings (SSSR count). The van der Waals surface area contributed by atoms with Crippen LogP contribution in [0.2, 0.25) is 0 Å². The largest absolute Gasteiger partial charge is 0.508 e. The Kier molecular flexibility index (Phi) is 3.43. The number of nitrogens with zero attached hydrogens (tertiary/aromatic N) is 2. The maximum absolute atomic E-state index is 12.6. The molecular weight excluding hydrogens is 310 g/mol. The van der Waals surface area contributed by atoms with E-state index in [2.05, 4.69) is 21.8 Å². The number of hydrogen-bond donors (Lipinski definition) is 2. The first-order chi connectivity index (χ1) is 11.2. The summed E-state index contributed by atoms with van der Waals surface area (Å²) in [6, 6.07) is 6.70. The minimum Gasteiger partial charge on any atom is -0.508 e. The second kappa shape index (κ2) is 5.47. The van der Waals surface area contributed by atoms with E-state index in [1.807, 2.05) is 0 Å². The van der Waals surface area contributed by atoms with E-state index in [1.54, 1.807) is 35.6 Å². The fraction of sp³-hybridized carbons (Fsp3) is 0.294. The van der Waals surface area contributed by atoms with Gasteiger partial charge in [-0.1, -0.05) is 6.92 Å². The number of nitrogens with one attached hydrogen (secondary N) is 1. The molecule has 0 atom stereocenters. The number of aromatic hydroxyl groups is 1. The topological polar surface area (TPSA) is 69.2 Å². The zero-order chi connectivity index (χ0) is 16.0. The van der Waals surface area contributed by atoms with E-state index in [-0.39, 0.29) is 11.3 Å². The number of rotatable bonds is 2. The van der Waals surface area contributed by atoms with Crippen molar-refractivity contribution in [3.05, 3.63) is 45.1 Å². The van der Waals surface area contributed by atoms with Gasteiger partial charge in [0.05, 0.1) is 5.39 Å². The van der Waals surface area contributed by atoms with Crippen LogP contribution in [0.4, 0.5) is 0 Å². The lowest BCUT2D eigenvalue weighted by atomic mass is 10.1. The fourth-order valence-corrected chi connectivity index (χ4v) is 4.34. The highest BCUT2D eigenvalue weighted by Gasteiger charge is 2.23. The van der Waals surface area contributed by atoms with Gasteiger partial charge >= 0.3 is 0 Å². The van der Waals surface area contributed by atoms with E-state index in [1.165, 1.54) is 10.4 Å². The van der Waals surface area contributed by atoms with Gasteiger partial charge in [-0.25, -0.2) is 4.98 Å². The SMILES string of the molecule is CCN1CCc2c(sc3nc(-c4ccc(O)cc4)[nH]c(=O)c23)C1. The van der Waals surface area contributed by atoms with Crippen molar-refractivity contribution in [1.82, 2.24) is 14.9 Å². The molecule has 118 valence electrons. The van der Waals surface area contributed by atoms with Crippen LogP contribution in [0, 0.1) is 0 Å². The summed E-state index contributed by atoms with van der Waals surface area (Å²) in [5.41, 5.74) is 1.89. The summed E-state index contributed by atoms with van der Waals surface area (Å²) in [7, 11) is 0. The molecule has 23 heavy (non-hydrogen) atoms. The van der Waals surface area contributed by atoms with Crippen molar-refractivity contribution >= 4 is 21.6 Å². The molecule has 0 saturated carbocycles. The number of likely N-dealkylation sites (N-methyl/N-ethyl adjacent to an activating group) is 1. The molecule has 0 saturated heterocycles. The van der Waals surface area contributed by atoms with Crippen LogP contribution in [0.1, 0.15) is 17.4 Å². The summed E-state index contributed by atoms with van der Waals surface area (Å²) < 4.78 is 0. The first-order valence-electron chi connectivity index (χ1n) is 7.72. The van der Waals surface area contributed by atoms with Crippen LogP contribution in [0.25, 0.3) is 21.6 Å². The molecule has 0 aliphatic carbocycles. The van der Waals surface area contributed by atoms with Gasteiger partial charge in [-0.3, -0.25) is 9.69 Å². The highest BCUT2D eigenvalue weighted by Crippen LogP contribution is 2.33. The summed E-state index contributed by atoms with van der Waals surface area (Å²) in [4.78, 5) is 24.6. The van der Waals surface area contributed by atoms with Crippen molar-refractivity contribution in [2.45, 2.75) is 19.9 Å². The number of thiophene rings is 1. The van der Waals surface area contributed by atoms with Crippen molar-refractivity contribution in [2.75, 3.05) is 13.1 Å². The highest BCUT2D eigenvalue weighted by atomic mass is 32.1. The molecular formula is C17H17N3O2S. The maximum Gasteiger partial charge on any atom is 0.260 e. The zero-order valence-corrected chi connectivity index (χ0v) is 13.6. The Morgan fingerprint density at radius 1 is 1.35 bits per heavy atom. The van der Waals surface area contributed by atoms with E-state index in [9.17, 15) is 9.90 Å². The standard InChI is InChI=1S/C17H17N3O2S/c1-2-20-8-7-12-13(9-20)23-17-14(12)16(22)18-15(19-17)10-3-5-11(21)6-4-10/h3-6,21H,2,7-9H2,1H3,(H,18,19,22). The second-order valence-electron chi connectivity index (χ2n) is 5.76. The van der Waals surface area contributed by atoms with Crippen molar-refractivity contribution in [3.8, 4) is 17.1 Å². The van der Waals surface area contributed by atoms with E-state index in [4.69, 9.17) is 0 Å². The van der Waals surface area contributed by atoms with Gasteiger partial charge in [-0.15, -0.1) is 11.3 Å². The number of aromatic nitrogens is 2. The van der Waals surface area contributed by atoms with E-state index >= 15 is 0 Å². The van der Waals surface area contributed by atoms with Gasteiger partial charge in [0.2, 0.25) is 0 Å². The molecule has 1 aromatic carbocycles. The van der Waals surface area contributed by atoms with Crippen LogP contribution < -0.4 is 5.56 Å². The van der Waals surface area contributed by atoms with Crippen LogP contribution >= 0.6 is 11.3 Å². The predicted octanol–water partition coefficient (Wildman–Crippen LogP) is 2.74. The Hall–Kier alpha value is -2.18. The summed E-state index contributed by atoms with van der Waals surface area (Å²) in [6.07, 6.45) is 0.909. The van der Waals surface area contributed by atoms with Gasteiger partial charge in [0.1, 0.15) is 16.4 Å². The van der Waals surface area contributed by atoms with Crippen LogP contribution in [0.5, 0.6) is 5.75 Å². The quantitative estimate of drug-likeness (QED) is 0.759. The number of phenolic OH excluding ortho intramolecular Hbond substituents is 1. The first-order valence-corrected chi connectivity index (χ1v) is 8.53. The van der Waals surface area contributed by atoms with E-state index in [0.717, 1.165) is 41.8 Å². The Bertz CT molecular complexity index is 927. The van der Waals surface area contributed by atoms with Gasteiger partial charge in [-0.05, 0) is 42.8 Å². The lowest BCUT2D eigenvalue weighted by Crippen LogP contribution is -2.29. The van der Waals surface area contributed by atoms with Crippen LogP contribution in [0.15, 0.2) is 29.1 Å². The molecule has 3 aromatic rings. The smallest absolute Gasteiger partial charge is 0.260 e. The predicted molar refractivity (Wildman–Crippen MR) is 92.0 cm³/mol. The van der Waals surface area contributed by atoms with Gasteiger partial charge in [0.25, 0.3) is 5.56 Å². The molecule has 5 nitrogen and oxygen atoms in total. The third-order valence-corrected chi connectivity index (χ3v) is 5.49. The number of fused-ring (bicyclic) bond motifs is 3. The van der Waals surface area contributed by atoms with E-state index in [0.29, 0.717) is 5.82 Å². The maximum atomic E-state index is 12.6. The molecule has 0 radical (unpaired) electrons. The Labute approximate surface area is 137 Å². The number of phenols is 1. The van der Waals surface area contributed by atoms with Gasteiger partial charge in [0.15, 0.2) is 0 Å². The molecule has 0 unspecified atom stereocenters. The lowest BCUT2D eigenvalue weighted by molar-refractivity contribution is 0.272. The zero-order valence-electron chi connectivity index (χ0n) is 12.8. The summed E-state index contributed by atoms with van der Waals surface area (Å²) in [5, 5.41) is 10.1. The lowest BCUT2D eigenvalue weighted by Gasteiger charge is -2.24. The summed E-state index contributed by atoms with van der Waals surface area (Å²) in [6.45, 7) is 5.08. The fourth-order valence-electron chi connectivity index (χ4n) is 3.08. The van der Waals surface area contributed by atoms with Crippen molar-refractivity contribution in [1.29, 1.82) is 0 Å². The molecule has 0 spiro atoms. The van der Waals surface area contributed by atoms with E-state index < -0.39 is 0 Å². The molecule has 6 heteroatoms. The first kappa shape index (κ1) is 14.4. The third-order valence-electron chi connectivity index (χ3n) is 4.38. The average molecular weight is 327 g/mol. The molecule has 0 amide bonds. The minimum atomic E-state index is -0.0690. The van der Waals surface area contributed by atoms with Gasteiger partial charge in [0, 0.05) is 23.5 Å². The van der Waals surface area contributed by atoms with Crippen molar-refractivity contribution < 1.29 is 5.11 Å². The second-order valence-corrected chi connectivity index (χ2v) is 6.85. The summed E-state index contributed by atoms with van der Waals surface area (Å²) in [5.74, 6) is 0.747. The molecule has 0 fully saturated rings. The normalized spacial score (nSPS) is 15.0. The molecule has 2 aromatic heterocycles. The van der Waals surface area contributed by atoms with Gasteiger partial charge in [-0.2, -0.15) is 0 Å².